The number of hydrogen-bond donors (Lipinski definition) is 1. The molecule has 0 fully saturated rings. The highest BCUT2D eigenvalue weighted by Crippen LogP contribution is 2.05. The van der Waals surface area contributed by atoms with Crippen molar-refractivity contribution in [2.45, 2.75) is 32.3 Å². The lowest BCUT2D eigenvalue weighted by atomic mass is 10.1. The SMILES string of the molecule is C=CCCC(=O)N(C)CC(C)(C)O. The zero-order valence-electron chi connectivity index (χ0n) is 8.71. The molecule has 1 amide bonds. The van der Waals surface area contributed by atoms with Crippen LogP contribution in [0.25, 0.3) is 0 Å². The molecule has 0 rings (SSSR count). The summed E-state index contributed by atoms with van der Waals surface area (Å²) < 4.78 is 0. The Balaban J connectivity index is 3.89. The van der Waals surface area contributed by atoms with Crippen molar-refractivity contribution in [2.75, 3.05) is 13.6 Å². The molecule has 0 unspecified atom stereocenters. The zero-order valence-corrected chi connectivity index (χ0v) is 8.71. The van der Waals surface area contributed by atoms with Crippen molar-refractivity contribution in [3.63, 3.8) is 0 Å². The van der Waals surface area contributed by atoms with E-state index < -0.39 is 5.60 Å². The van der Waals surface area contributed by atoms with Gasteiger partial charge in [0.2, 0.25) is 5.91 Å². The van der Waals surface area contributed by atoms with Gasteiger partial charge in [-0.15, -0.1) is 6.58 Å². The van der Waals surface area contributed by atoms with Gasteiger partial charge >= 0.3 is 0 Å². The van der Waals surface area contributed by atoms with Crippen LogP contribution in [0.1, 0.15) is 26.7 Å². The molecule has 0 saturated carbocycles. The van der Waals surface area contributed by atoms with E-state index in [1.165, 1.54) is 0 Å². The molecule has 0 bridgehead atoms. The van der Waals surface area contributed by atoms with Crippen LogP contribution in [0, 0.1) is 0 Å². The number of allylic oxidation sites excluding steroid dienone is 1. The molecule has 0 aromatic rings. The van der Waals surface area contributed by atoms with Gasteiger partial charge < -0.3 is 10.0 Å². The number of nitrogens with zero attached hydrogens (tertiary/aromatic N) is 1. The normalized spacial score (nSPS) is 11.1. The van der Waals surface area contributed by atoms with Crippen LogP contribution in [0.2, 0.25) is 0 Å². The smallest absolute Gasteiger partial charge is 0.222 e. The summed E-state index contributed by atoms with van der Waals surface area (Å²) in [4.78, 5) is 12.9. The molecule has 0 aromatic heterocycles. The van der Waals surface area contributed by atoms with Gasteiger partial charge in [0.05, 0.1) is 5.60 Å². The average molecular weight is 185 g/mol. The molecule has 0 spiro atoms. The fourth-order valence-corrected chi connectivity index (χ4v) is 1.08. The summed E-state index contributed by atoms with van der Waals surface area (Å²) in [6.45, 7) is 7.28. The molecule has 0 heterocycles. The van der Waals surface area contributed by atoms with Crippen LogP contribution < -0.4 is 0 Å². The molecule has 0 atom stereocenters. The lowest BCUT2D eigenvalue weighted by Gasteiger charge is -2.25. The van der Waals surface area contributed by atoms with E-state index in [9.17, 15) is 9.90 Å². The van der Waals surface area contributed by atoms with Gasteiger partial charge in [-0.25, -0.2) is 0 Å². The number of aliphatic hydroxyl groups is 1. The van der Waals surface area contributed by atoms with Crippen LogP contribution in [-0.2, 0) is 4.79 Å². The van der Waals surface area contributed by atoms with Gasteiger partial charge in [-0.3, -0.25) is 4.79 Å². The molecule has 1 N–H and O–H groups in total. The summed E-state index contributed by atoms with van der Waals surface area (Å²) in [6, 6.07) is 0. The van der Waals surface area contributed by atoms with Gasteiger partial charge in [-0.05, 0) is 20.3 Å². The lowest BCUT2D eigenvalue weighted by Crippen LogP contribution is -2.39. The molecule has 76 valence electrons. The van der Waals surface area contributed by atoms with Crippen LogP contribution in [0.15, 0.2) is 12.7 Å². The standard InChI is InChI=1S/C10H19NO2/c1-5-6-7-9(12)11(4)8-10(2,3)13/h5,13H,1,6-8H2,2-4H3. The van der Waals surface area contributed by atoms with Crippen molar-refractivity contribution in [3.8, 4) is 0 Å². The quantitative estimate of drug-likeness (QED) is 0.653. The van der Waals surface area contributed by atoms with Gasteiger partial charge in [-0.1, -0.05) is 6.08 Å². The van der Waals surface area contributed by atoms with E-state index in [1.807, 2.05) is 0 Å². The predicted octanol–water partition coefficient (Wildman–Crippen LogP) is 1.18. The van der Waals surface area contributed by atoms with Crippen molar-refractivity contribution < 1.29 is 9.90 Å². The number of rotatable bonds is 5. The first-order chi connectivity index (χ1) is 5.87. The van der Waals surface area contributed by atoms with E-state index in [0.29, 0.717) is 19.4 Å². The van der Waals surface area contributed by atoms with Gasteiger partial charge in [0, 0.05) is 20.0 Å². The highest BCUT2D eigenvalue weighted by atomic mass is 16.3. The molecule has 0 saturated heterocycles. The average Bonchev–Trinajstić information content (AvgIpc) is 1.96. The number of amides is 1. The van der Waals surface area contributed by atoms with Crippen molar-refractivity contribution in [1.29, 1.82) is 0 Å². The van der Waals surface area contributed by atoms with Gasteiger partial charge in [0.25, 0.3) is 0 Å². The van der Waals surface area contributed by atoms with Crippen LogP contribution in [0.5, 0.6) is 0 Å². The first-order valence-electron chi connectivity index (χ1n) is 4.44. The van der Waals surface area contributed by atoms with E-state index in [0.717, 1.165) is 0 Å². The molecule has 13 heavy (non-hydrogen) atoms. The molecular formula is C10H19NO2. The topological polar surface area (TPSA) is 40.5 Å². The van der Waals surface area contributed by atoms with E-state index in [4.69, 9.17) is 0 Å². The van der Waals surface area contributed by atoms with Crippen LogP contribution in [-0.4, -0.2) is 35.1 Å². The molecule has 0 aromatic carbocycles. The number of likely N-dealkylation sites (N-methyl/N-ethyl adjacent to an activating group) is 1. The second kappa shape index (κ2) is 5.02. The summed E-state index contributed by atoms with van der Waals surface area (Å²) in [5.74, 6) is 0.0435. The van der Waals surface area contributed by atoms with Crippen LogP contribution in [0.3, 0.4) is 0 Å². The molecule has 3 nitrogen and oxygen atoms in total. The summed E-state index contributed by atoms with van der Waals surface area (Å²) in [5, 5.41) is 9.45. The minimum absolute atomic E-state index is 0.0435. The minimum atomic E-state index is -0.821. The Labute approximate surface area is 80.0 Å². The fraction of sp³-hybridized carbons (Fsp3) is 0.700. The zero-order chi connectivity index (χ0) is 10.5. The monoisotopic (exact) mass is 185 g/mol. The summed E-state index contributed by atoms with van der Waals surface area (Å²) in [5.41, 5.74) is -0.821. The van der Waals surface area contributed by atoms with Gasteiger partial charge in [0.15, 0.2) is 0 Å². The summed E-state index contributed by atoms with van der Waals surface area (Å²) >= 11 is 0. The first-order valence-corrected chi connectivity index (χ1v) is 4.44. The minimum Gasteiger partial charge on any atom is -0.389 e. The van der Waals surface area contributed by atoms with Gasteiger partial charge in [-0.2, -0.15) is 0 Å². The molecule has 0 aliphatic carbocycles. The molecule has 0 aliphatic heterocycles. The maximum absolute atomic E-state index is 11.3. The second-order valence-electron chi connectivity index (χ2n) is 3.89. The largest absolute Gasteiger partial charge is 0.389 e. The lowest BCUT2D eigenvalue weighted by molar-refractivity contribution is -0.132. The summed E-state index contributed by atoms with van der Waals surface area (Å²) in [7, 11) is 1.70. The number of carbonyl (C=O) groups is 1. The third kappa shape index (κ3) is 6.34. The third-order valence-corrected chi connectivity index (χ3v) is 1.61. The van der Waals surface area contributed by atoms with Crippen LogP contribution in [0.4, 0.5) is 0 Å². The molecule has 0 aliphatic rings. The van der Waals surface area contributed by atoms with Crippen molar-refractivity contribution in [1.82, 2.24) is 4.90 Å². The Morgan fingerprint density at radius 2 is 2.15 bits per heavy atom. The summed E-state index contributed by atoms with van der Waals surface area (Å²) in [6.07, 6.45) is 2.88. The number of hydrogen-bond acceptors (Lipinski definition) is 2. The van der Waals surface area contributed by atoms with Crippen molar-refractivity contribution in [3.05, 3.63) is 12.7 Å². The molecular weight excluding hydrogens is 166 g/mol. The Hall–Kier alpha value is -0.830. The van der Waals surface area contributed by atoms with Crippen molar-refractivity contribution >= 4 is 5.91 Å². The Morgan fingerprint density at radius 3 is 2.54 bits per heavy atom. The van der Waals surface area contributed by atoms with E-state index in [1.54, 1.807) is 31.9 Å². The highest BCUT2D eigenvalue weighted by molar-refractivity contribution is 5.76. The van der Waals surface area contributed by atoms with E-state index >= 15 is 0 Å². The molecule has 3 heteroatoms. The Kier molecular flexibility index (Phi) is 4.70. The van der Waals surface area contributed by atoms with Gasteiger partial charge in [0.1, 0.15) is 0 Å². The maximum atomic E-state index is 11.3. The highest BCUT2D eigenvalue weighted by Gasteiger charge is 2.18. The third-order valence-electron chi connectivity index (χ3n) is 1.61. The second-order valence-corrected chi connectivity index (χ2v) is 3.89. The fourth-order valence-electron chi connectivity index (χ4n) is 1.08. The maximum Gasteiger partial charge on any atom is 0.222 e. The van der Waals surface area contributed by atoms with E-state index in [2.05, 4.69) is 6.58 Å². The number of carbonyl (C=O) groups excluding carboxylic acids is 1. The van der Waals surface area contributed by atoms with Crippen molar-refractivity contribution in [2.24, 2.45) is 0 Å². The Bertz CT molecular complexity index is 182. The van der Waals surface area contributed by atoms with E-state index in [-0.39, 0.29) is 5.91 Å². The predicted molar refractivity (Wildman–Crippen MR) is 53.4 cm³/mol. The first kappa shape index (κ1) is 12.2. The van der Waals surface area contributed by atoms with Crippen LogP contribution >= 0.6 is 0 Å². The molecule has 0 radical (unpaired) electrons. The Morgan fingerprint density at radius 1 is 1.62 bits per heavy atom.